The first-order chi connectivity index (χ1) is 9.01. The topological polar surface area (TPSA) is 55.0 Å². The van der Waals surface area contributed by atoms with Crippen LogP contribution in [0.2, 0.25) is 0 Å². The Morgan fingerprint density at radius 2 is 2.11 bits per heavy atom. The number of aromatic nitrogens is 2. The molecule has 0 saturated carbocycles. The number of rotatable bonds is 4. The van der Waals surface area contributed by atoms with Crippen LogP contribution in [0.1, 0.15) is 51.0 Å². The highest BCUT2D eigenvalue weighted by atomic mass is 15.2. The van der Waals surface area contributed by atoms with Gasteiger partial charge in [0.1, 0.15) is 11.6 Å². The normalized spacial score (nSPS) is 23.4. The molecule has 0 radical (unpaired) electrons. The van der Waals surface area contributed by atoms with Crippen LogP contribution >= 0.6 is 0 Å². The number of aryl methyl sites for hydroxylation is 1. The third-order valence-corrected chi connectivity index (χ3v) is 3.91. The second-order valence-corrected chi connectivity index (χ2v) is 5.97. The zero-order chi connectivity index (χ0) is 14.0. The molecular weight excluding hydrogens is 236 g/mol. The minimum absolute atomic E-state index is 0.276. The maximum Gasteiger partial charge on any atom is 0.132 e. The van der Waals surface area contributed by atoms with E-state index in [-0.39, 0.29) is 6.04 Å². The van der Waals surface area contributed by atoms with Gasteiger partial charge in [0.2, 0.25) is 0 Å². The van der Waals surface area contributed by atoms with Crippen molar-refractivity contribution in [2.45, 2.75) is 52.5 Å². The molecule has 0 amide bonds. The monoisotopic (exact) mass is 262 g/mol. The molecule has 1 aromatic heterocycles. The molecule has 2 heterocycles. The summed E-state index contributed by atoms with van der Waals surface area (Å²) >= 11 is 0. The SMILES string of the molecule is CCC[C@@H]1CN(c2cc(C(C)C)nc(C)n2)C[C@H]1N. The van der Waals surface area contributed by atoms with E-state index in [1.54, 1.807) is 0 Å². The van der Waals surface area contributed by atoms with Gasteiger partial charge in [0.05, 0.1) is 0 Å². The van der Waals surface area contributed by atoms with Crippen LogP contribution in [0, 0.1) is 12.8 Å². The molecule has 4 nitrogen and oxygen atoms in total. The maximum absolute atomic E-state index is 6.24. The van der Waals surface area contributed by atoms with E-state index in [0.29, 0.717) is 11.8 Å². The third-order valence-electron chi connectivity index (χ3n) is 3.91. The Kier molecular flexibility index (Phi) is 4.40. The predicted molar refractivity (Wildman–Crippen MR) is 79.4 cm³/mol. The van der Waals surface area contributed by atoms with Crippen molar-refractivity contribution in [2.24, 2.45) is 11.7 Å². The highest BCUT2D eigenvalue weighted by Crippen LogP contribution is 2.26. The van der Waals surface area contributed by atoms with Crippen molar-refractivity contribution < 1.29 is 0 Å². The molecular formula is C15H26N4. The van der Waals surface area contributed by atoms with E-state index in [0.717, 1.165) is 30.4 Å². The first-order valence-electron chi connectivity index (χ1n) is 7.37. The quantitative estimate of drug-likeness (QED) is 0.905. The molecule has 0 unspecified atom stereocenters. The summed E-state index contributed by atoms with van der Waals surface area (Å²) in [6.07, 6.45) is 2.41. The van der Waals surface area contributed by atoms with Gasteiger partial charge in [-0.1, -0.05) is 27.2 Å². The molecule has 2 atom stereocenters. The van der Waals surface area contributed by atoms with Gasteiger partial charge in [-0.2, -0.15) is 0 Å². The highest BCUT2D eigenvalue weighted by molar-refractivity contribution is 5.42. The summed E-state index contributed by atoms with van der Waals surface area (Å²) in [6, 6.07) is 2.40. The van der Waals surface area contributed by atoms with Crippen LogP contribution < -0.4 is 10.6 Å². The van der Waals surface area contributed by atoms with Gasteiger partial charge in [0.25, 0.3) is 0 Å². The summed E-state index contributed by atoms with van der Waals surface area (Å²) in [5, 5.41) is 0. The highest BCUT2D eigenvalue weighted by Gasteiger charge is 2.30. The van der Waals surface area contributed by atoms with Crippen LogP contribution in [0.3, 0.4) is 0 Å². The number of anilines is 1. The second-order valence-electron chi connectivity index (χ2n) is 5.97. The van der Waals surface area contributed by atoms with E-state index in [9.17, 15) is 0 Å². The van der Waals surface area contributed by atoms with Crippen molar-refractivity contribution in [3.05, 3.63) is 17.6 Å². The molecule has 0 aromatic carbocycles. The van der Waals surface area contributed by atoms with E-state index in [1.165, 1.54) is 12.8 Å². The average Bonchev–Trinajstić information content (AvgIpc) is 2.71. The van der Waals surface area contributed by atoms with Crippen LogP contribution in [0.15, 0.2) is 6.07 Å². The lowest BCUT2D eigenvalue weighted by molar-refractivity contribution is 0.472. The van der Waals surface area contributed by atoms with Gasteiger partial charge in [-0.25, -0.2) is 9.97 Å². The lowest BCUT2D eigenvalue weighted by Gasteiger charge is -2.19. The number of hydrogen-bond donors (Lipinski definition) is 1. The molecule has 2 rings (SSSR count). The van der Waals surface area contributed by atoms with Crippen molar-refractivity contribution in [3.63, 3.8) is 0 Å². The van der Waals surface area contributed by atoms with Gasteiger partial charge in [0, 0.05) is 30.9 Å². The van der Waals surface area contributed by atoms with Crippen LogP contribution in [0.4, 0.5) is 5.82 Å². The lowest BCUT2D eigenvalue weighted by atomic mass is 9.99. The van der Waals surface area contributed by atoms with Gasteiger partial charge in [-0.05, 0) is 25.2 Å². The first kappa shape index (κ1) is 14.3. The van der Waals surface area contributed by atoms with Crippen molar-refractivity contribution in [1.82, 2.24) is 9.97 Å². The van der Waals surface area contributed by atoms with Crippen molar-refractivity contribution in [2.75, 3.05) is 18.0 Å². The molecule has 1 fully saturated rings. The molecule has 19 heavy (non-hydrogen) atoms. The van der Waals surface area contributed by atoms with Crippen LogP contribution in [0.25, 0.3) is 0 Å². The lowest BCUT2D eigenvalue weighted by Crippen LogP contribution is -2.29. The van der Waals surface area contributed by atoms with Gasteiger partial charge in [0.15, 0.2) is 0 Å². The first-order valence-corrected chi connectivity index (χ1v) is 7.37. The number of nitrogens with zero attached hydrogens (tertiary/aromatic N) is 3. The number of hydrogen-bond acceptors (Lipinski definition) is 4. The summed E-state index contributed by atoms with van der Waals surface area (Å²) in [5.74, 6) is 2.94. The van der Waals surface area contributed by atoms with E-state index in [2.05, 4.69) is 41.7 Å². The predicted octanol–water partition coefficient (Wildman–Crippen LogP) is 2.47. The maximum atomic E-state index is 6.24. The summed E-state index contributed by atoms with van der Waals surface area (Å²) in [7, 11) is 0. The van der Waals surface area contributed by atoms with Gasteiger partial charge in [-0.3, -0.25) is 0 Å². The minimum atomic E-state index is 0.276. The van der Waals surface area contributed by atoms with Crippen LogP contribution in [0.5, 0.6) is 0 Å². The molecule has 106 valence electrons. The Balaban J connectivity index is 2.19. The molecule has 1 aliphatic rings. The van der Waals surface area contributed by atoms with E-state index >= 15 is 0 Å². The second kappa shape index (κ2) is 5.87. The zero-order valence-corrected chi connectivity index (χ0v) is 12.6. The molecule has 4 heteroatoms. The van der Waals surface area contributed by atoms with Crippen molar-refractivity contribution in [1.29, 1.82) is 0 Å². The summed E-state index contributed by atoms with van der Waals surface area (Å²) in [5.41, 5.74) is 7.36. The number of nitrogens with two attached hydrogens (primary N) is 1. The van der Waals surface area contributed by atoms with E-state index in [1.807, 2.05) is 6.92 Å². The minimum Gasteiger partial charge on any atom is -0.355 e. The fraction of sp³-hybridized carbons (Fsp3) is 0.733. The van der Waals surface area contributed by atoms with Crippen LogP contribution in [-0.4, -0.2) is 29.1 Å². The zero-order valence-electron chi connectivity index (χ0n) is 12.6. The van der Waals surface area contributed by atoms with Crippen molar-refractivity contribution >= 4 is 5.82 Å². The molecule has 2 N–H and O–H groups in total. The van der Waals surface area contributed by atoms with E-state index in [4.69, 9.17) is 5.73 Å². The average molecular weight is 262 g/mol. The Labute approximate surface area is 116 Å². The summed E-state index contributed by atoms with van der Waals surface area (Å²) in [6.45, 7) is 10.5. The van der Waals surface area contributed by atoms with Gasteiger partial charge >= 0.3 is 0 Å². The van der Waals surface area contributed by atoms with Gasteiger partial charge < -0.3 is 10.6 Å². The summed E-state index contributed by atoms with van der Waals surface area (Å²) in [4.78, 5) is 11.4. The fourth-order valence-corrected chi connectivity index (χ4v) is 2.79. The fourth-order valence-electron chi connectivity index (χ4n) is 2.79. The standard InChI is InChI=1S/C15H26N4/c1-5-6-12-8-19(9-13(12)16)15-7-14(10(2)3)17-11(4)18-15/h7,10,12-13H,5-6,8-9,16H2,1-4H3/t12-,13-/m1/s1. The Morgan fingerprint density at radius 1 is 1.37 bits per heavy atom. The molecule has 0 bridgehead atoms. The smallest absolute Gasteiger partial charge is 0.132 e. The third kappa shape index (κ3) is 3.24. The van der Waals surface area contributed by atoms with E-state index < -0.39 is 0 Å². The summed E-state index contributed by atoms with van der Waals surface area (Å²) < 4.78 is 0. The van der Waals surface area contributed by atoms with Crippen LogP contribution in [-0.2, 0) is 0 Å². The molecule has 1 saturated heterocycles. The largest absolute Gasteiger partial charge is 0.355 e. The Bertz CT molecular complexity index is 430. The Morgan fingerprint density at radius 3 is 2.74 bits per heavy atom. The molecule has 1 aliphatic heterocycles. The van der Waals surface area contributed by atoms with Gasteiger partial charge in [-0.15, -0.1) is 0 Å². The molecule has 0 aliphatic carbocycles. The molecule has 0 spiro atoms. The van der Waals surface area contributed by atoms with Crippen molar-refractivity contribution in [3.8, 4) is 0 Å². The molecule has 1 aromatic rings. The Hall–Kier alpha value is -1.16.